The van der Waals surface area contributed by atoms with Crippen LogP contribution in [0.1, 0.15) is 0 Å². The SMILES string of the molecule is O=C(O)n1cccc1.[Cr]. The number of hydrogen-bond acceptors (Lipinski definition) is 1. The molecule has 1 N–H and O–H groups in total. The van der Waals surface area contributed by atoms with Gasteiger partial charge < -0.3 is 5.11 Å². The van der Waals surface area contributed by atoms with E-state index in [9.17, 15) is 4.79 Å². The molecular formula is C5H5CrNO2. The fourth-order valence-corrected chi connectivity index (χ4v) is 0.462. The first-order valence-corrected chi connectivity index (χ1v) is 2.17. The van der Waals surface area contributed by atoms with Crippen molar-refractivity contribution in [1.29, 1.82) is 0 Å². The Balaban J connectivity index is 0.000000640. The predicted octanol–water partition coefficient (Wildman–Crippen LogP) is 1.01. The van der Waals surface area contributed by atoms with E-state index in [1.54, 1.807) is 12.1 Å². The summed E-state index contributed by atoms with van der Waals surface area (Å²) in [6.07, 6.45) is 2.00. The Kier molecular flexibility index (Phi) is 3.07. The molecule has 0 radical (unpaired) electrons. The van der Waals surface area contributed by atoms with Gasteiger partial charge >= 0.3 is 6.09 Å². The van der Waals surface area contributed by atoms with Gasteiger partial charge in [-0.25, -0.2) is 4.79 Å². The second-order valence-electron chi connectivity index (χ2n) is 1.37. The molecule has 0 aromatic carbocycles. The third-order valence-corrected chi connectivity index (χ3v) is 0.825. The number of nitrogens with zero attached hydrogens (tertiary/aromatic N) is 1. The molecule has 1 aromatic rings. The number of rotatable bonds is 0. The average Bonchev–Trinajstić information content (AvgIpc) is 2.12. The van der Waals surface area contributed by atoms with Crippen molar-refractivity contribution in [3.05, 3.63) is 24.5 Å². The van der Waals surface area contributed by atoms with Crippen molar-refractivity contribution in [2.45, 2.75) is 0 Å². The van der Waals surface area contributed by atoms with E-state index in [0.29, 0.717) is 0 Å². The molecule has 1 aromatic heterocycles. The summed E-state index contributed by atoms with van der Waals surface area (Å²) in [5.41, 5.74) is 0. The summed E-state index contributed by atoms with van der Waals surface area (Å²) >= 11 is 0. The molecule has 48 valence electrons. The molecule has 0 aliphatic carbocycles. The minimum absolute atomic E-state index is 0. The molecule has 1 heterocycles. The molecule has 0 bridgehead atoms. The van der Waals surface area contributed by atoms with Gasteiger partial charge in [-0.15, -0.1) is 0 Å². The van der Waals surface area contributed by atoms with Crippen molar-refractivity contribution in [3.63, 3.8) is 0 Å². The first-order valence-electron chi connectivity index (χ1n) is 2.17. The number of aromatic nitrogens is 1. The van der Waals surface area contributed by atoms with Gasteiger partial charge in [0.2, 0.25) is 0 Å². The van der Waals surface area contributed by atoms with Crippen LogP contribution < -0.4 is 0 Å². The fourth-order valence-electron chi connectivity index (χ4n) is 0.462. The Bertz CT molecular complexity index is 183. The summed E-state index contributed by atoms with van der Waals surface area (Å²) < 4.78 is 1.08. The largest absolute Gasteiger partial charge is 0.464 e. The van der Waals surface area contributed by atoms with Crippen LogP contribution in [0.25, 0.3) is 0 Å². The van der Waals surface area contributed by atoms with Crippen molar-refractivity contribution < 1.29 is 27.3 Å². The van der Waals surface area contributed by atoms with Crippen LogP contribution in [0.3, 0.4) is 0 Å². The number of carbonyl (C=O) groups is 1. The van der Waals surface area contributed by atoms with Gasteiger partial charge in [0.15, 0.2) is 0 Å². The first kappa shape index (κ1) is 8.28. The van der Waals surface area contributed by atoms with Crippen LogP contribution >= 0.6 is 0 Å². The van der Waals surface area contributed by atoms with Gasteiger partial charge in [0, 0.05) is 29.8 Å². The van der Waals surface area contributed by atoms with Crippen LogP contribution in [-0.2, 0) is 17.4 Å². The summed E-state index contributed by atoms with van der Waals surface area (Å²) in [5.74, 6) is 0. The summed E-state index contributed by atoms with van der Waals surface area (Å²) in [6.45, 7) is 0. The zero-order valence-electron chi connectivity index (χ0n) is 4.52. The monoisotopic (exact) mass is 163 g/mol. The van der Waals surface area contributed by atoms with Crippen LogP contribution in [0.2, 0.25) is 0 Å². The van der Waals surface area contributed by atoms with Crippen molar-refractivity contribution >= 4 is 6.09 Å². The fraction of sp³-hybridized carbons (Fsp3) is 0. The third kappa shape index (κ3) is 1.92. The topological polar surface area (TPSA) is 42.2 Å². The molecular weight excluding hydrogens is 158 g/mol. The summed E-state index contributed by atoms with van der Waals surface area (Å²) in [7, 11) is 0. The van der Waals surface area contributed by atoms with Crippen LogP contribution in [0.15, 0.2) is 24.5 Å². The minimum Gasteiger partial charge on any atom is -0.464 e. The van der Waals surface area contributed by atoms with Gasteiger partial charge in [0.1, 0.15) is 0 Å². The number of hydrogen-bond donors (Lipinski definition) is 1. The average molecular weight is 163 g/mol. The zero-order valence-corrected chi connectivity index (χ0v) is 5.80. The van der Waals surface area contributed by atoms with Gasteiger partial charge in [-0.2, -0.15) is 0 Å². The standard InChI is InChI=1S/C5H5NO2.Cr/c7-5(8)6-3-1-2-4-6;/h1-4H,(H,7,8);. The van der Waals surface area contributed by atoms with Crippen molar-refractivity contribution in [3.8, 4) is 0 Å². The third-order valence-electron chi connectivity index (χ3n) is 0.825. The maximum absolute atomic E-state index is 10.0. The normalized spacial score (nSPS) is 8.00. The molecule has 1 rings (SSSR count). The van der Waals surface area contributed by atoms with Gasteiger partial charge in [0.05, 0.1) is 0 Å². The molecule has 9 heavy (non-hydrogen) atoms. The van der Waals surface area contributed by atoms with E-state index in [1.807, 2.05) is 0 Å². The van der Waals surface area contributed by atoms with Crippen LogP contribution in [0, 0.1) is 0 Å². The van der Waals surface area contributed by atoms with Crippen LogP contribution in [0.5, 0.6) is 0 Å². The van der Waals surface area contributed by atoms with Crippen molar-refractivity contribution in [2.75, 3.05) is 0 Å². The molecule has 0 fully saturated rings. The molecule has 4 heteroatoms. The summed E-state index contributed by atoms with van der Waals surface area (Å²) in [5, 5.41) is 8.24. The van der Waals surface area contributed by atoms with E-state index in [2.05, 4.69) is 0 Å². The Morgan fingerprint density at radius 3 is 2.00 bits per heavy atom. The van der Waals surface area contributed by atoms with Crippen molar-refractivity contribution in [2.24, 2.45) is 0 Å². The van der Waals surface area contributed by atoms with Crippen LogP contribution in [-0.4, -0.2) is 15.8 Å². The van der Waals surface area contributed by atoms with Gasteiger partial charge in [-0.3, -0.25) is 4.57 Å². The molecule has 0 spiro atoms. The maximum atomic E-state index is 10.0. The van der Waals surface area contributed by atoms with Crippen molar-refractivity contribution in [1.82, 2.24) is 4.57 Å². The molecule has 0 saturated heterocycles. The maximum Gasteiger partial charge on any atom is 0.415 e. The second kappa shape index (κ2) is 3.34. The summed E-state index contributed by atoms with van der Waals surface area (Å²) in [6, 6.07) is 3.32. The summed E-state index contributed by atoms with van der Waals surface area (Å²) in [4.78, 5) is 10.0. The van der Waals surface area contributed by atoms with Gasteiger partial charge in [-0.1, -0.05) is 0 Å². The van der Waals surface area contributed by atoms with Gasteiger partial charge in [-0.05, 0) is 12.1 Å². The van der Waals surface area contributed by atoms with E-state index in [1.165, 1.54) is 12.4 Å². The van der Waals surface area contributed by atoms with E-state index in [-0.39, 0.29) is 17.4 Å². The predicted molar refractivity (Wildman–Crippen MR) is 27.9 cm³/mol. The quantitative estimate of drug-likeness (QED) is 0.620. The minimum atomic E-state index is -0.949. The van der Waals surface area contributed by atoms with Gasteiger partial charge in [0.25, 0.3) is 0 Å². The zero-order chi connectivity index (χ0) is 5.98. The Hall–Kier alpha value is -0.718. The molecule has 0 unspecified atom stereocenters. The Labute approximate surface area is 63.0 Å². The second-order valence-corrected chi connectivity index (χ2v) is 1.37. The molecule has 0 atom stereocenters. The molecule has 0 aliphatic rings. The smallest absolute Gasteiger partial charge is 0.415 e. The van der Waals surface area contributed by atoms with E-state index < -0.39 is 6.09 Å². The molecule has 0 amide bonds. The molecule has 0 saturated carbocycles. The Morgan fingerprint density at radius 2 is 1.78 bits per heavy atom. The van der Waals surface area contributed by atoms with E-state index in [0.717, 1.165) is 4.57 Å². The van der Waals surface area contributed by atoms with Crippen LogP contribution in [0.4, 0.5) is 4.79 Å². The molecule has 0 aliphatic heterocycles. The first-order chi connectivity index (χ1) is 3.80. The van der Waals surface area contributed by atoms with E-state index >= 15 is 0 Å². The Morgan fingerprint density at radius 1 is 1.33 bits per heavy atom. The molecule has 3 nitrogen and oxygen atoms in total. The van der Waals surface area contributed by atoms with E-state index in [4.69, 9.17) is 5.11 Å². The number of carboxylic acid groups (broad SMARTS) is 1.